The SMILES string of the molecule is Cc1ccc(NC(=O)Cn2nnc(-c3cccc(C(F)(F)F)c3)n2)c(Br)c1. The highest BCUT2D eigenvalue weighted by Crippen LogP contribution is 2.31. The molecule has 1 N–H and O–H groups in total. The van der Waals surface area contributed by atoms with Crippen molar-refractivity contribution < 1.29 is 18.0 Å². The number of nitrogens with zero attached hydrogens (tertiary/aromatic N) is 4. The summed E-state index contributed by atoms with van der Waals surface area (Å²) in [6.07, 6.45) is -4.46. The first-order valence-corrected chi connectivity index (χ1v) is 8.53. The van der Waals surface area contributed by atoms with Crippen molar-refractivity contribution in [2.75, 3.05) is 5.32 Å². The number of benzene rings is 2. The number of nitrogens with one attached hydrogen (secondary N) is 1. The lowest BCUT2D eigenvalue weighted by molar-refractivity contribution is -0.137. The van der Waals surface area contributed by atoms with Gasteiger partial charge in [-0.05, 0) is 57.9 Å². The maximum atomic E-state index is 12.8. The molecule has 10 heteroatoms. The van der Waals surface area contributed by atoms with E-state index in [0.29, 0.717) is 5.69 Å². The second kappa shape index (κ2) is 7.47. The highest BCUT2D eigenvalue weighted by Gasteiger charge is 2.30. The molecule has 1 heterocycles. The summed E-state index contributed by atoms with van der Waals surface area (Å²) >= 11 is 3.36. The van der Waals surface area contributed by atoms with Gasteiger partial charge in [-0.1, -0.05) is 18.2 Å². The number of carbonyl (C=O) groups is 1. The molecule has 1 amide bonds. The first-order chi connectivity index (χ1) is 12.7. The summed E-state index contributed by atoms with van der Waals surface area (Å²) in [4.78, 5) is 13.2. The molecule has 0 radical (unpaired) electrons. The third kappa shape index (κ3) is 4.70. The van der Waals surface area contributed by atoms with Gasteiger partial charge in [-0.25, -0.2) is 0 Å². The van der Waals surface area contributed by atoms with Crippen molar-refractivity contribution in [3.8, 4) is 11.4 Å². The lowest BCUT2D eigenvalue weighted by atomic mass is 10.1. The van der Waals surface area contributed by atoms with E-state index < -0.39 is 17.6 Å². The second-order valence-electron chi connectivity index (χ2n) is 5.75. The van der Waals surface area contributed by atoms with Gasteiger partial charge in [0.05, 0.1) is 11.3 Å². The lowest BCUT2D eigenvalue weighted by Crippen LogP contribution is -2.20. The van der Waals surface area contributed by atoms with Crippen LogP contribution in [-0.4, -0.2) is 26.1 Å². The van der Waals surface area contributed by atoms with E-state index >= 15 is 0 Å². The molecule has 0 saturated carbocycles. The zero-order valence-corrected chi connectivity index (χ0v) is 15.5. The number of anilines is 1. The van der Waals surface area contributed by atoms with E-state index in [-0.39, 0.29) is 17.9 Å². The Labute approximate surface area is 160 Å². The molecule has 3 rings (SSSR count). The summed E-state index contributed by atoms with van der Waals surface area (Å²) in [6.45, 7) is 1.69. The predicted molar refractivity (Wildman–Crippen MR) is 95.8 cm³/mol. The third-order valence-electron chi connectivity index (χ3n) is 3.58. The van der Waals surface area contributed by atoms with E-state index in [1.807, 2.05) is 19.1 Å². The van der Waals surface area contributed by atoms with Crippen molar-refractivity contribution in [1.82, 2.24) is 20.2 Å². The summed E-state index contributed by atoms with van der Waals surface area (Å²) in [6, 6.07) is 10.1. The first-order valence-electron chi connectivity index (χ1n) is 7.74. The van der Waals surface area contributed by atoms with Gasteiger partial charge in [0.2, 0.25) is 11.7 Å². The van der Waals surface area contributed by atoms with E-state index in [4.69, 9.17) is 0 Å². The number of hydrogen-bond acceptors (Lipinski definition) is 4. The van der Waals surface area contributed by atoms with Crippen LogP contribution in [0.1, 0.15) is 11.1 Å². The van der Waals surface area contributed by atoms with Crippen molar-refractivity contribution >= 4 is 27.5 Å². The monoisotopic (exact) mass is 439 g/mol. The molecule has 0 fully saturated rings. The minimum Gasteiger partial charge on any atom is -0.323 e. The lowest BCUT2D eigenvalue weighted by Gasteiger charge is -2.07. The van der Waals surface area contributed by atoms with Gasteiger partial charge in [0.15, 0.2) is 0 Å². The molecule has 0 aliphatic heterocycles. The summed E-state index contributed by atoms with van der Waals surface area (Å²) < 4.78 is 39.1. The van der Waals surface area contributed by atoms with Crippen LogP contribution < -0.4 is 5.32 Å². The molecule has 6 nitrogen and oxygen atoms in total. The number of rotatable bonds is 4. The minimum absolute atomic E-state index is 0.00502. The van der Waals surface area contributed by atoms with Crippen LogP contribution in [0.2, 0.25) is 0 Å². The zero-order chi connectivity index (χ0) is 19.6. The van der Waals surface area contributed by atoms with Gasteiger partial charge in [-0.15, -0.1) is 10.2 Å². The average Bonchev–Trinajstić information content (AvgIpc) is 3.05. The fourth-order valence-electron chi connectivity index (χ4n) is 2.30. The van der Waals surface area contributed by atoms with Crippen LogP contribution >= 0.6 is 15.9 Å². The number of halogens is 4. The third-order valence-corrected chi connectivity index (χ3v) is 4.24. The van der Waals surface area contributed by atoms with Crippen LogP contribution in [0.3, 0.4) is 0 Å². The average molecular weight is 440 g/mol. The predicted octanol–water partition coefficient (Wildman–Crippen LogP) is 4.07. The highest BCUT2D eigenvalue weighted by atomic mass is 79.9. The molecule has 0 atom stereocenters. The number of tetrazole rings is 1. The van der Waals surface area contributed by atoms with Crippen LogP contribution in [-0.2, 0) is 17.5 Å². The maximum absolute atomic E-state index is 12.8. The Balaban J connectivity index is 1.72. The van der Waals surface area contributed by atoms with Gasteiger partial charge >= 0.3 is 6.18 Å². The number of carbonyl (C=O) groups excluding carboxylic acids is 1. The molecule has 140 valence electrons. The van der Waals surface area contributed by atoms with Gasteiger partial charge < -0.3 is 5.32 Å². The molecule has 0 unspecified atom stereocenters. The van der Waals surface area contributed by atoms with Crippen molar-refractivity contribution in [3.63, 3.8) is 0 Å². The fraction of sp³-hybridized carbons (Fsp3) is 0.176. The molecule has 0 saturated heterocycles. The number of alkyl halides is 3. The Hall–Kier alpha value is -2.75. The molecule has 0 aliphatic rings. The molecule has 0 bridgehead atoms. The van der Waals surface area contributed by atoms with Crippen LogP contribution in [0.25, 0.3) is 11.4 Å². The topological polar surface area (TPSA) is 72.7 Å². The summed E-state index contributed by atoms with van der Waals surface area (Å²) in [5.41, 5.74) is 0.975. The quantitative estimate of drug-likeness (QED) is 0.664. The minimum atomic E-state index is -4.46. The molecule has 0 aliphatic carbocycles. The van der Waals surface area contributed by atoms with Gasteiger partial charge in [-0.2, -0.15) is 18.0 Å². The molecule has 27 heavy (non-hydrogen) atoms. The molecular formula is C17H13BrF3N5O. The normalized spacial score (nSPS) is 11.4. The Kier molecular flexibility index (Phi) is 5.26. The Morgan fingerprint density at radius 2 is 2.00 bits per heavy atom. The van der Waals surface area contributed by atoms with E-state index in [1.54, 1.807) is 6.07 Å². The number of amides is 1. The van der Waals surface area contributed by atoms with Crippen LogP contribution in [0.5, 0.6) is 0 Å². The van der Waals surface area contributed by atoms with Gasteiger partial charge in [0.1, 0.15) is 6.54 Å². The standard InChI is InChI=1S/C17H13BrF3N5O/c1-10-5-6-14(13(18)7-10)22-15(27)9-26-24-16(23-25-26)11-3-2-4-12(8-11)17(19,20)21/h2-8H,9H2,1H3,(H,22,27). The summed E-state index contributed by atoms with van der Waals surface area (Å²) in [5, 5.41) is 14.1. The molecule has 0 spiro atoms. The largest absolute Gasteiger partial charge is 0.416 e. The molecule has 3 aromatic rings. The van der Waals surface area contributed by atoms with Crippen molar-refractivity contribution in [2.45, 2.75) is 19.6 Å². The Morgan fingerprint density at radius 1 is 1.22 bits per heavy atom. The van der Waals surface area contributed by atoms with E-state index in [9.17, 15) is 18.0 Å². The first kappa shape index (κ1) is 19.0. The molecule has 2 aromatic carbocycles. The fourth-order valence-corrected chi connectivity index (χ4v) is 2.89. The molecular weight excluding hydrogens is 427 g/mol. The highest BCUT2D eigenvalue weighted by molar-refractivity contribution is 9.10. The summed E-state index contributed by atoms with van der Waals surface area (Å²) in [7, 11) is 0. The van der Waals surface area contributed by atoms with Crippen molar-refractivity contribution in [3.05, 3.63) is 58.1 Å². The Morgan fingerprint density at radius 3 is 2.70 bits per heavy atom. The second-order valence-corrected chi connectivity index (χ2v) is 6.61. The number of aromatic nitrogens is 4. The van der Waals surface area contributed by atoms with Crippen LogP contribution in [0, 0.1) is 6.92 Å². The van der Waals surface area contributed by atoms with E-state index in [0.717, 1.165) is 27.0 Å². The maximum Gasteiger partial charge on any atom is 0.416 e. The van der Waals surface area contributed by atoms with Crippen molar-refractivity contribution in [2.24, 2.45) is 0 Å². The summed E-state index contributed by atoms with van der Waals surface area (Å²) in [5.74, 6) is -0.391. The van der Waals surface area contributed by atoms with Crippen molar-refractivity contribution in [1.29, 1.82) is 0 Å². The number of aryl methyl sites for hydroxylation is 1. The van der Waals surface area contributed by atoms with Gasteiger partial charge in [-0.3, -0.25) is 4.79 Å². The van der Waals surface area contributed by atoms with Crippen LogP contribution in [0.15, 0.2) is 46.9 Å². The van der Waals surface area contributed by atoms with Gasteiger partial charge in [0, 0.05) is 10.0 Å². The smallest absolute Gasteiger partial charge is 0.323 e. The zero-order valence-electron chi connectivity index (χ0n) is 14.0. The van der Waals surface area contributed by atoms with Gasteiger partial charge in [0.25, 0.3) is 0 Å². The van der Waals surface area contributed by atoms with E-state index in [2.05, 4.69) is 36.7 Å². The molecule has 1 aromatic heterocycles. The Bertz CT molecular complexity index is 987. The number of hydrogen-bond donors (Lipinski definition) is 1. The van der Waals surface area contributed by atoms with E-state index in [1.165, 1.54) is 12.1 Å². The van der Waals surface area contributed by atoms with Crippen LogP contribution in [0.4, 0.5) is 18.9 Å².